The number of nitrogens with one attached hydrogen (secondary N) is 1. The van der Waals surface area contributed by atoms with Gasteiger partial charge in [-0.1, -0.05) is 18.6 Å². The highest BCUT2D eigenvalue weighted by Gasteiger charge is 2.56. The van der Waals surface area contributed by atoms with E-state index in [1.54, 1.807) is 7.11 Å². The highest BCUT2D eigenvalue weighted by molar-refractivity contribution is 5.84. The number of piperazine rings is 1. The lowest BCUT2D eigenvalue weighted by Crippen LogP contribution is -2.56. The minimum Gasteiger partial charge on any atom is -0.497 e. The molecule has 0 radical (unpaired) electrons. The molecule has 3 aliphatic rings. The quantitative estimate of drug-likeness (QED) is 0.915. The van der Waals surface area contributed by atoms with Crippen LogP contribution in [-0.2, 0) is 11.2 Å². The Bertz CT molecular complexity index is 647. The molecule has 0 spiro atoms. The van der Waals surface area contributed by atoms with Crippen LogP contribution in [0.25, 0.3) is 0 Å². The van der Waals surface area contributed by atoms with Crippen molar-refractivity contribution in [2.75, 3.05) is 26.7 Å². The molecule has 4 nitrogen and oxygen atoms in total. The first-order valence-electron chi connectivity index (χ1n) is 9.76. The standard InChI is InChI=1S/C21H30N2O2/c1-15-14-23(9-8-22-15)20(24)21(13-17-6-7-18(21)10-17)12-16-4-3-5-19(11-16)25-2/h3-5,11,15,17-18,22H,6-10,12-14H2,1-2H3. The van der Waals surface area contributed by atoms with Crippen molar-refractivity contribution in [1.29, 1.82) is 0 Å². The number of rotatable bonds is 4. The number of benzene rings is 1. The fourth-order valence-corrected chi connectivity index (χ4v) is 5.58. The van der Waals surface area contributed by atoms with Gasteiger partial charge in [-0.15, -0.1) is 0 Å². The molecule has 4 atom stereocenters. The molecule has 136 valence electrons. The third-order valence-corrected chi connectivity index (χ3v) is 6.71. The molecule has 4 rings (SSSR count). The van der Waals surface area contributed by atoms with Crippen LogP contribution in [0, 0.1) is 17.3 Å². The molecule has 1 aliphatic heterocycles. The summed E-state index contributed by atoms with van der Waals surface area (Å²) in [6, 6.07) is 8.69. The molecule has 1 aromatic carbocycles. The van der Waals surface area contributed by atoms with E-state index in [4.69, 9.17) is 4.74 Å². The van der Waals surface area contributed by atoms with Crippen LogP contribution in [0.15, 0.2) is 24.3 Å². The lowest BCUT2D eigenvalue weighted by molar-refractivity contribution is -0.146. The van der Waals surface area contributed by atoms with E-state index in [0.29, 0.717) is 17.9 Å². The number of fused-ring (bicyclic) bond motifs is 2. The number of hydrogen-bond donors (Lipinski definition) is 1. The summed E-state index contributed by atoms with van der Waals surface area (Å²) in [5, 5.41) is 3.46. The van der Waals surface area contributed by atoms with Gasteiger partial charge in [0.25, 0.3) is 0 Å². The predicted molar refractivity (Wildman–Crippen MR) is 98.6 cm³/mol. The van der Waals surface area contributed by atoms with Gasteiger partial charge >= 0.3 is 0 Å². The van der Waals surface area contributed by atoms with Gasteiger partial charge in [0.2, 0.25) is 5.91 Å². The molecule has 4 unspecified atom stereocenters. The lowest BCUT2D eigenvalue weighted by atomic mass is 9.68. The number of carbonyl (C=O) groups is 1. The van der Waals surface area contributed by atoms with E-state index in [2.05, 4.69) is 29.3 Å². The van der Waals surface area contributed by atoms with Gasteiger partial charge in [0.15, 0.2) is 0 Å². The zero-order valence-electron chi connectivity index (χ0n) is 15.5. The van der Waals surface area contributed by atoms with Gasteiger partial charge < -0.3 is 15.0 Å². The van der Waals surface area contributed by atoms with E-state index in [0.717, 1.165) is 44.1 Å². The van der Waals surface area contributed by atoms with Crippen LogP contribution in [0.4, 0.5) is 0 Å². The third kappa shape index (κ3) is 3.05. The molecule has 1 amide bonds. The second-order valence-corrected chi connectivity index (χ2v) is 8.37. The maximum atomic E-state index is 13.7. The highest BCUT2D eigenvalue weighted by Crippen LogP contribution is 2.58. The van der Waals surface area contributed by atoms with Crippen molar-refractivity contribution in [3.63, 3.8) is 0 Å². The molecule has 1 saturated heterocycles. The van der Waals surface area contributed by atoms with Crippen LogP contribution in [0.1, 0.15) is 38.2 Å². The Labute approximate surface area is 150 Å². The monoisotopic (exact) mass is 342 g/mol. The molecule has 0 aromatic heterocycles. The summed E-state index contributed by atoms with van der Waals surface area (Å²) in [6.07, 6.45) is 5.73. The first kappa shape index (κ1) is 16.9. The van der Waals surface area contributed by atoms with Crippen molar-refractivity contribution in [1.82, 2.24) is 10.2 Å². The Morgan fingerprint density at radius 3 is 2.96 bits per heavy atom. The van der Waals surface area contributed by atoms with E-state index < -0.39 is 0 Å². The van der Waals surface area contributed by atoms with E-state index in [-0.39, 0.29) is 5.41 Å². The molecule has 25 heavy (non-hydrogen) atoms. The highest BCUT2D eigenvalue weighted by atomic mass is 16.5. The van der Waals surface area contributed by atoms with Crippen LogP contribution in [0.2, 0.25) is 0 Å². The Morgan fingerprint density at radius 1 is 1.40 bits per heavy atom. The first-order chi connectivity index (χ1) is 12.1. The summed E-state index contributed by atoms with van der Waals surface area (Å²) in [7, 11) is 1.71. The van der Waals surface area contributed by atoms with Crippen LogP contribution >= 0.6 is 0 Å². The molecular formula is C21H30N2O2. The lowest BCUT2D eigenvalue weighted by Gasteiger charge is -2.43. The number of amides is 1. The maximum Gasteiger partial charge on any atom is 0.229 e. The van der Waals surface area contributed by atoms with Gasteiger partial charge in [-0.2, -0.15) is 0 Å². The second-order valence-electron chi connectivity index (χ2n) is 8.37. The summed E-state index contributed by atoms with van der Waals surface area (Å²) in [5.74, 6) is 2.61. The zero-order chi connectivity index (χ0) is 17.4. The fourth-order valence-electron chi connectivity index (χ4n) is 5.58. The maximum absolute atomic E-state index is 13.7. The zero-order valence-corrected chi connectivity index (χ0v) is 15.5. The van der Waals surface area contributed by atoms with Crippen molar-refractivity contribution < 1.29 is 9.53 Å². The van der Waals surface area contributed by atoms with Crippen molar-refractivity contribution in [3.05, 3.63) is 29.8 Å². The second kappa shape index (κ2) is 6.64. The average molecular weight is 342 g/mol. The van der Waals surface area contributed by atoms with E-state index in [1.165, 1.54) is 24.8 Å². The average Bonchev–Trinajstić information content (AvgIpc) is 3.23. The first-order valence-corrected chi connectivity index (χ1v) is 9.76. The Hall–Kier alpha value is -1.55. The molecule has 1 aromatic rings. The van der Waals surface area contributed by atoms with Gasteiger partial charge in [-0.05, 0) is 62.1 Å². The van der Waals surface area contributed by atoms with E-state index in [1.807, 2.05) is 12.1 Å². The van der Waals surface area contributed by atoms with Gasteiger partial charge in [0, 0.05) is 25.7 Å². The fraction of sp³-hybridized carbons (Fsp3) is 0.667. The summed E-state index contributed by atoms with van der Waals surface area (Å²) in [5.41, 5.74) is 1.05. The summed E-state index contributed by atoms with van der Waals surface area (Å²) in [4.78, 5) is 15.8. The Balaban J connectivity index is 1.62. The van der Waals surface area contributed by atoms with Gasteiger partial charge in [-0.3, -0.25) is 4.79 Å². The molecule has 3 fully saturated rings. The number of carbonyl (C=O) groups excluding carboxylic acids is 1. The summed E-state index contributed by atoms with van der Waals surface area (Å²) >= 11 is 0. The number of methoxy groups -OCH3 is 1. The van der Waals surface area contributed by atoms with Gasteiger partial charge in [-0.25, -0.2) is 0 Å². The van der Waals surface area contributed by atoms with E-state index >= 15 is 0 Å². The van der Waals surface area contributed by atoms with Crippen LogP contribution < -0.4 is 10.1 Å². The predicted octanol–water partition coefficient (Wildman–Crippen LogP) is 2.86. The number of nitrogens with zero attached hydrogens (tertiary/aromatic N) is 1. The Kier molecular flexibility index (Phi) is 4.48. The minimum absolute atomic E-state index is 0.188. The molecule has 4 heteroatoms. The molecule has 2 saturated carbocycles. The topological polar surface area (TPSA) is 41.6 Å². The summed E-state index contributed by atoms with van der Waals surface area (Å²) < 4.78 is 5.40. The third-order valence-electron chi connectivity index (χ3n) is 6.71. The minimum atomic E-state index is -0.188. The number of hydrogen-bond acceptors (Lipinski definition) is 3. The van der Waals surface area contributed by atoms with Crippen LogP contribution in [0.5, 0.6) is 5.75 Å². The van der Waals surface area contributed by atoms with Crippen molar-refractivity contribution in [2.45, 2.75) is 45.1 Å². The van der Waals surface area contributed by atoms with Crippen LogP contribution in [0.3, 0.4) is 0 Å². The molecule has 2 bridgehead atoms. The number of ether oxygens (including phenoxy) is 1. The van der Waals surface area contributed by atoms with Crippen molar-refractivity contribution >= 4 is 5.91 Å². The summed E-state index contributed by atoms with van der Waals surface area (Å²) in [6.45, 7) is 4.78. The largest absolute Gasteiger partial charge is 0.497 e. The smallest absolute Gasteiger partial charge is 0.229 e. The molecule has 1 heterocycles. The molecular weight excluding hydrogens is 312 g/mol. The van der Waals surface area contributed by atoms with Gasteiger partial charge in [0.1, 0.15) is 5.75 Å². The SMILES string of the molecule is COc1cccc(CC2(C(=O)N3CCNC(C)C3)CC3CCC2C3)c1. The van der Waals surface area contributed by atoms with Crippen molar-refractivity contribution in [2.24, 2.45) is 17.3 Å². The van der Waals surface area contributed by atoms with Gasteiger partial charge in [0.05, 0.1) is 12.5 Å². The Morgan fingerprint density at radius 2 is 2.28 bits per heavy atom. The molecule has 2 aliphatic carbocycles. The van der Waals surface area contributed by atoms with Crippen LogP contribution in [-0.4, -0.2) is 43.6 Å². The molecule has 1 N–H and O–H groups in total. The van der Waals surface area contributed by atoms with Crippen molar-refractivity contribution in [3.8, 4) is 5.75 Å². The van der Waals surface area contributed by atoms with E-state index in [9.17, 15) is 4.79 Å². The normalized spacial score (nSPS) is 34.3.